The number of nitrogens with one attached hydrogen (secondary N) is 1. The highest BCUT2D eigenvalue weighted by atomic mass is 16.5. The summed E-state index contributed by atoms with van der Waals surface area (Å²) < 4.78 is 10.8. The summed E-state index contributed by atoms with van der Waals surface area (Å²) in [5.41, 5.74) is 1.91. The predicted molar refractivity (Wildman–Crippen MR) is 95.6 cm³/mol. The van der Waals surface area contributed by atoms with Gasteiger partial charge in [-0.25, -0.2) is 0 Å². The van der Waals surface area contributed by atoms with Crippen LogP contribution in [0.3, 0.4) is 0 Å². The lowest BCUT2D eigenvalue weighted by atomic mass is 9.64. The van der Waals surface area contributed by atoms with Gasteiger partial charge in [0.25, 0.3) is 5.91 Å². The topological polar surface area (TPSA) is 88.8 Å². The van der Waals surface area contributed by atoms with Gasteiger partial charge in [-0.2, -0.15) is 0 Å². The van der Waals surface area contributed by atoms with Crippen LogP contribution in [0.25, 0.3) is 0 Å². The zero-order valence-corrected chi connectivity index (χ0v) is 15.0. The van der Waals surface area contributed by atoms with Crippen molar-refractivity contribution in [1.29, 1.82) is 0 Å². The Morgan fingerprint density at radius 1 is 1.31 bits per heavy atom. The first kappa shape index (κ1) is 18.0. The highest BCUT2D eigenvalue weighted by Gasteiger charge is 2.41. The van der Waals surface area contributed by atoms with Gasteiger partial charge < -0.3 is 19.6 Å². The molecular weight excluding hydrogens is 334 g/mol. The maximum atomic E-state index is 12.7. The van der Waals surface area contributed by atoms with E-state index in [4.69, 9.17) is 14.3 Å². The molecule has 1 heterocycles. The third kappa shape index (κ3) is 3.31. The van der Waals surface area contributed by atoms with Gasteiger partial charge in [0.1, 0.15) is 17.9 Å². The van der Waals surface area contributed by atoms with E-state index in [2.05, 4.69) is 5.32 Å². The van der Waals surface area contributed by atoms with E-state index in [1.165, 1.54) is 6.26 Å². The Morgan fingerprint density at radius 2 is 2.04 bits per heavy atom. The molecule has 1 aliphatic rings. The molecule has 1 saturated carbocycles. The average molecular weight is 357 g/mol. The number of para-hydroxylation sites is 1. The molecule has 0 atom stereocenters. The first-order valence-corrected chi connectivity index (χ1v) is 8.67. The Kier molecular flexibility index (Phi) is 5.02. The van der Waals surface area contributed by atoms with Crippen molar-refractivity contribution in [3.63, 3.8) is 0 Å². The van der Waals surface area contributed by atoms with Crippen molar-refractivity contribution in [3.05, 3.63) is 53.0 Å². The molecule has 0 saturated heterocycles. The smallest absolute Gasteiger partial charge is 0.311 e. The lowest BCUT2D eigenvalue weighted by Crippen LogP contribution is -2.46. The van der Waals surface area contributed by atoms with Crippen molar-refractivity contribution >= 4 is 11.9 Å². The fourth-order valence-electron chi connectivity index (χ4n) is 3.64. The second-order valence-electron chi connectivity index (χ2n) is 6.80. The van der Waals surface area contributed by atoms with Crippen LogP contribution in [0.2, 0.25) is 0 Å². The van der Waals surface area contributed by atoms with E-state index < -0.39 is 5.97 Å². The van der Waals surface area contributed by atoms with E-state index in [0.717, 1.165) is 30.6 Å². The lowest BCUT2D eigenvalue weighted by Gasteiger charge is -2.43. The maximum Gasteiger partial charge on any atom is 0.311 e. The van der Waals surface area contributed by atoms with Crippen LogP contribution < -0.4 is 10.1 Å². The number of methoxy groups -OCH3 is 1. The molecule has 1 aromatic carbocycles. The number of aliphatic carboxylic acids is 1. The molecule has 0 radical (unpaired) electrons. The van der Waals surface area contributed by atoms with Crippen LogP contribution in [0.5, 0.6) is 5.75 Å². The van der Waals surface area contributed by atoms with Crippen LogP contribution >= 0.6 is 0 Å². The van der Waals surface area contributed by atoms with Crippen LogP contribution in [-0.4, -0.2) is 30.6 Å². The van der Waals surface area contributed by atoms with Gasteiger partial charge >= 0.3 is 5.97 Å². The number of amides is 1. The summed E-state index contributed by atoms with van der Waals surface area (Å²) in [7, 11) is 1.65. The van der Waals surface area contributed by atoms with Crippen molar-refractivity contribution in [3.8, 4) is 5.75 Å². The molecule has 0 aliphatic heterocycles. The van der Waals surface area contributed by atoms with Crippen LogP contribution in [0, 0.1) is 6.92 Å². The highest BCUT2D eigenvalue weighted by Crippen LogP contribution is 2.46. The molecule has 2 aromatic rings. The van der Waals surface area contributed by atoms with Gasteiger partial charge in [-0.1, -0.05) is 24.6 Å². The normalized spacial score (nSPS) is 15.2. The fourth-order valence-corrected chi connectivity index (χ4v) is 3.64. The Labute approximate surface area is 152 Å². The Balaban J connectivity index is 1.79. The van der Waals surface area contributed by atoms with Gasteiger partial charge in [0, 0.05) is 23.1 Å². The third-order valence-electron chi connectivity index (χ3n) is 5.17. The number of hydrogen-bond donors (Lipinski definition) is 2. The Bertz CT molecular complexity index is 819. The van der Waals surface area contributed by atoms with Crippen molar-refractivity contribution in [2.24, 2.45) is 0 Å². The molecule has 6 heteroatoms. The first-order chi connectivity index (χ1) is 12.5. The van der Waals surface area contributed by atoms with E-state index in [1.54, 1.807) is 14.0 Å². The monoisotopic (exact) mass is 357 g/mol. The molecule has 0 unspecified atom stereocenters. The summed E-state index contributed by atoms with van der Waals surface area (Å²) in [5, 5.41) is 12.0. The van der Waals surface area contributed by atoms with E-state index in [1.807, 2.05) is 24.3 Å². The fraction of sp³-hybridized carbons (Fsp3) is 0.400. The van der Waals surface area contributed by atoms with Gasteiger partial charge in [-0.15, -0.1) is 0 Å². The molecule has 6 nitrogen and oxygen atoms in total. The highest BCUT2D eigenvalue weighted by molar-refractivity contribution is 5.97. The van der Waals surface area contributed by atoms with Gasteiger partial charge in [0.15, 0.2) is 0 Å². The van der Waals surface area contributed by atoms with Crippen molar-refractivity contribution in [1.82, 2.24) is 5.32 Å². The van der Waals surface area contributed by atoms with Crippen LogP contribution in [0.15, 0.2) is 34.9 Å². The van der Waals surface area contributed by atoms with E-state index in [0.29, 0.717) is 17.7 Å². The predicted octanol–water partition coefficient (Wildman–Crippen LogP) is 3.08. The number of carbonyl (C=O) groups excluding carboxylic acids is 1. The maximum absolute atomic E-state index is 12.7. The molecule has 26 heavy (non-hydrogen) atoms. The minimum Gasteiger partial charge on any atom is -0.496 e. The minimum absolute atomic E-state index is 0.146. The van der Waals surface area contributed by atoms with Crippen molar-refractivity contribution in [2.45, 2.75) is 38.0 Å². The third-order valence-corrected chi connectivity index (χ3v) is 5.17. The van der Waals surface area contributed by atoms with Gasteiger partial charge in [-0.3, -0.25) is 9.59 Å². The van der Waals surface area contributed by atoms with Gasteiger partial charge in [0.2, 0.25) is 0 Å². The molecule has 1 fully saturated rings. The Hall–Kier alpha value is -2.76. The number of carboxylic acid groups (broad SMARTS) is 1. The summed E-state index contributed by atoms with van der Waals surface area (Å²) >= 11 is 0. The first-order valence-electron chi connectivity index (χ1n) is 8.67. The second kappa shape index (κ2) is 7.23. The Morgan fingerprint density at radius 3 is 2.65 bits per heavy atom. The number of benzene rings is 1. The number of aryl methyl sites for hydroxylation is 1. The minimum atomic E-state index is -1.03. The van der Waals surface area contributed by atoms with Crippen LogP contribution in [0.4, 0.5) is 0 Å². The molecule has 2 N–H and O–H groups in total. The molecule has 1 amide bonds. The summed E-state index contributed by atoms with van der Waals surface area (Å²) in [5.74, 6) is -0.313. The van der Waals surface area contributed by atoms with Crippen LogP contribution in [0.1, 0.15) is 46.5 Å². The quantitative estimate of drug-likeness (QED) is 0.795. The zero-order valence-electron chi connectivity index (χ0n) is 15.0. The number of ether oxygens (including phenoxy) is 1. The number of carboxylic acids is 1. The van der Waals surface area contributed by atoms with E-state index in [9.17, 15) is 9.59 Å². The summed E-state index contributed by atoms with van der Waals surface area (Å²) in [6.45, 7) is 2.21. The second-order valence-corrected chi connectivity index (χ2v) is 6.80. The number of furan rings is 1. The van der Waals surface area contributed by atoms with E-state index in [-0.39, 0.29) is 23.5 Å². The molecule has 0 bridgehead atoms. The average Bonchev–Trinajstić information content (AvgIpc) is 2.93. The van der Waals surface area contributed by atoms with Crippen molar-refractivity contribution in [2.75, 3.05) is 13.7 Å². The molecular formula is C20H23NO5. The van der Waals surface area contributed by atoms with Gasteiger partial charge in [-0.05, 0) is 25.8 Å². The number of rotatable bonds is 7. The molecule has 0 spiro atoms. The van der Waals surface area contributed by atoms with E-state index >= 15 is 0 Å². The largest absolute Gasteiger partial charge is 0.496 e. The SMILES string of the molecule is COc1ccccc1C1(CNC(=O)c2c(C)coc2CC(=O)O)CCC1. The zero-order chi connectivity index (χ0) is 18.7. The number of carbonyl (C=O) groups is 2. The molecule has 3 rings (SSSR count). The van der Waals surface area contributed by atoms with Crippen LogP contribution in [-0.2, 0) is 16.6 Å². The molecule has 1 aromatic heterocycles. The molecule has 1 aliphatic carbocycles. The number of hydrogen-bond acceptors (Lipinski definition) is 4. The summed E-state index contributed by atoms with van der Waals surface area (Å²) in [6.07, 6.45) is 4.16. The van der Waals surface area contributed by atoms with Crippen molar-refractivity contribution < 1.29 is 23.8 Å². The lowest BCUT2D eigenvalue weighted by molar-refractivity contribution is -0.136. The van der Waals surface area contributed by atoms with Gasteiger partial charge in [0.05, 0.1) is 18.9 Å². The summed E-state index contributed by atoms with van der Waals surface area (Å²) in [4.78, 5) is 23.7. The standard InChI is InChI=1S/C20H23NO5/c1-13-11-26-16(10-17(22)23)18(13)19(24)21-12-20(8-5-9-20)14-6-3-4-7-15(14)25-2/h3-4,6-7,11H,5,8-10,12H2,1-2H3,(H,21,24)(H,22,23). The summed E-state index contributed by atoms with van der Waals surface area (Å²) in [6, 6.07) is 7.89. The molecule has 138 valence electrons.